The van der Waals surface area contributed by atoms with Gasteiger partial charge in [-0.3, -0.25) is 0 Å². The lowest BCUT2D eigenvalue weighted by atomic mass is 9.82. The summed E-state index contributed by atoms with van der Waals surface area (Å²) >= 11 is 0. The van der Waals surface area contributed by atoms with Gasteiger partial charge in [0, 0.05) is 0 Å². The largest absolute Gasteiger partial charge is 0.376 e. The smallest absolute Gasteiger partial charge is 0.0994 e. The molecule has 1 heterocycles. The topological polar surface area (TPSA) is 33.0 Å². The van der Waals surface area contributed by atoms with E-state index in [9.17, 15) is 5.26 Å². The summed E-state index contributed by atoms with van der Waals surface area (Å²) < 4.78 is 5.47. The molecule has 0 saturated carbocycles. The van der Waals surface area contributed by atoms with Crippen molar-refractivity contribution >= 4 is 0 Å². The molecule has 2 rings (SSSR count). The Morgan fingerprint density at radius 1 is 1.35 bits per heavy atom. The molecule has 1 aromatic carbocycles. The van der Waals surface area contributed by atoms with E-state index in [1.807, 2.05) is 12.1 Å². The zero-order valence-corrected chi connectivity index (χ0v) is 10.8. The highest BCUT2D eigenvalue weighted by atomic mass is 16.5. The molecular formula is C15H19NO. The predicted molar refractivity (Wildman–Crippen MR) is 67.7 cm³/mol. The summed E-state index contributed by atoms with van der Waals surface area (Å²) in [7, 11) is 0. The molecule has 90 valence electrons. The molecule has 0 unspecified atom stereocenters. The van der Waals surface area contributed by atoms with E-state index in [0.717, 1.165) is 25.0 Å². The number of ether oxygens (including phenoxy) is 1. The van der Waals surface area contributed by atoms with Crippen LogP contribution < -0.4 is 0 Å². The summed E-state index contributed by atoms with van der Waals surface area (Å²) in [5, 5.41) is 9.24. The number of nitriles is 1. The van der Waals surface area contributed by atoms with Crippen molar-refractivity contribution in [2.45, 2.75) is 40.2 Å². The summed E-state index contributed by atoms with van der Waals surface area (Å²) in [6, 6.07) is 6.31. The van der Waals surface area contributed by atoms with Gasteiger partial charge in [-0.15, -0.1) is 0 Å². The van der Waals surface area contributed by atoms with Crippen LogP contribution in [0.1, 0.15) is 43.0 Å². The highest BCUT2D eigenvalue weighted by Gasteiger charge is 2.21. The van der Waals surface area contributed by atoms with Gasteiger partial charge in [-0.25, -0.2) is 0 Å². The van der Waals surface area contributed by atoms with Crippen LogP contribution in [0, 0.1) is 16.7 Å². The van der Waals surface area contributed by atoms with Crippen molar-refractivity contribution in [1.29, 1.82) is 5.26 Å². The number of nitrogens with zero attached hydrogens (tertiary/aromatic N) is 1. The molecule has 2 heteroatoms. The highest BCUT2D eigenvalue weighted by Crippen LogP contribution is 2.30. The molecule has 1 aliphatic rings. The SMILES string of the molecule is CC(C)(C)Cc1c(C#N)ccc2c1CCOC2. The maximum Gasteiger partial charge on any atom is 0.0994 e. The molecular weight excluding hydrogens is 210 g/mol. The monoisotopic (exact) mass is 229 g/mol. The molecule has 2 nitrogen and oxygen atoms in total. The minimum atomic E-state index is 0.207. The Morgan fingerprint density at radius 3 is 2.76 bits per heavy atom. The van der Waals surface area contributed by atoms with Crippen molar-refractivity contribution in [2.75, 3.05) is 6.61 Å². The van der Waals surface area contributed by atoms with Crippen LogP contribution >= 0.6 is 0 Å². The van der Waals surface area contributed by atoms with E-state index in [0.29, 0.717) is 6.61 Å². The first kappa shape index (κ1) is 12.1. The Morgan fingerprint density at radius 2 is 2.12 bits per heavy atom. The third-order valence-electron chi connectivity index (χ3n) is 3.11. The number of rotatable bonds is 1. The van der Waals surface area contributed by atoms with Gasteiger partial charge in [0.25, 0.3) is 0 Å². The average Bonchev–Trinajstić information content (AvgIpc) is 2.28. The highest BCUT2D eigenvalue weighted by molar-refractivity contribution is 5.48. The molecule has 0 aromatic heterocycles. The van der Waals surface area contributed by atoms with E-state index >= 15 is 0 Å². The molecule has 1 aliphatic heterocycles. The van der Waals surface area contributed by atoms with Gasteiger partial charge >= 0.3 is 0 Å². The molecule has 0 atom stereocenters. The number of benzene rings is 1. The molecule has 0 spiro atoms. The summed E-state index contributed by atoms with van der Waals surface area (Å²) in [6.07, 6.45) is 1.90. The minimum absolute atomic E-state index is 0.207. The maximum atomic E-state index is 9.24. The van der Waals surface area contributed by atoms with Gasteiger partial charge < -0.3 is 4.74 Å². The summed E-state index contributed by atoms with van der Waals surface area (Å²) in [6.45, 7) is 8.11. The predicted octanol–water partition coefficient (Wildman–Crippen LogP) is 3.22. The number of fused-ring (bicyclic) bond motifs is 1. The third-order valence-corrected chi connectivity index (χ3v) is 3.11. The lowest BCUT2D eigenvalue weighted by Gasteiger charge is -2.25. The fraction of sp³-hybridized carbons (Fsp3) is 0.533. The van der Waals surface area contributed by atoms with Crippen LogP contribution in [0.3, 0.4) is 0 Å². The van der Waals surface area contributed by atoms with Crippen LogP contribution in [-0.2, 0) is 24.2 Å². The zero-order valence-electron chi connectivity index (χ0n) is 10.8. The van der Waals surface area contributed by atoms with Crippen molar-refractivity contribution in [3.63, 3.8) is 0 Å². The Kier molecular flexibility index (Phi) is 3.22. The molecule has 1 aromatic rings. The second-order valence-electron chi connectivity index (χ2n) is 5.88. The molecule has 0 N–H and O–H groups in total. The number of hydrogen-bond acceptors (Lipinski definition) is 2. The van der Waals surface area contributed by atoms with Crippen molar-refractivity contribution < 1.29 is 4.74 Å². The van der Waals surface area contributed by atoms with Gasteiger partial charge in [-0.05, 0) is 41.0 Å². The maximum absolute atomic E-state index is 9.24. The quantitative estimate of drug-likeness (QED) is 0.740. The van der Waals surface area contributed by atoms with Crippen molar-refractivity contribution in [3.05, 3.63) is 34.4 Å². The lowest BCUT2D eigenvalue weighted by Crippen LogP contribution is -2.18. The van der Waals surface area contributed by atoms with Gasteiger partial charge in [-0.1, -0.05) is 26.8 Å². The van der Waals surface area contributed by atoms with Gasteiger partial charge in [0.1, 0.15) is 0 Å². The first-order valence-corrected chi connectivity index (χ1v) is 6.13. The lowest BCUT2D eigenvalue weighted by molar-refractivity contribution is 0.110. The van der Waals surface area contributed by atoms with E-state index in [2.05, 4.69) is 26.8 Å². The standard InChI is InChI=1S/C15H19NO/c1-15(2,3)8-14-11(9-16)4-5-12-10-17-7-6-13(12)14/h4-5H,6-8,10H2,1-3H3. The molecule has 0 fully saturated rings. The molecule has 0 saturated heterocycles. The van der Waals surface area contributed by atoms with Gasteiger partial charge in [0.15, 0.2) is 0 Å². The zero-order chi connectivity index (χ0) is 12.5. The molecule has 17 heavy (non-hydrogen) atoms. The first-order valence-electron chi connectivity index (χ1n) is 6.13. The van der Waals surface area contributed by atoms with Crippen LogP contribution in [-0.4, -0.2) is 6.61 Å². The van der Waals surface area contributed by atoms with Crippen molar-refractivity contribution in [2.24, 2.45) is 5.41 Å². The average molecular weight is 229 g/mol. The Bertz CT molecular complexity index is 463. The Labute approximate surface area is 103 Å². The van der Waals surface area contributed by atoms with Gasteiger partial charge in [0.05, 0.1) is 24.8 Å². The third kappa shape index (κ3) is 2.68. The second-order valence-corrected chi connectivity index (χ2v) is 5.88. The Hall–Kier alpha value is -1.33. The Balaban J connectivity index is 2.49. The van der Waals surface area contributed by atoms with E-state index in [-0.39, 0.29) is 5.41 Å². The molecule has 0 amide bonds. The van der Waals surface area contributed by atoms with E-state index in [1.54, 1.807) is 0 Å². The van der Waals surface area contributed by atoms with Crippen LogP contribution in [0.4, 0.5) is 0 Å². The normalized spacial score (nSPS) is 15.2. The van der Waals surface area contributed by atoms with E-state index in [1.165, 1.54) is 16.7 Å². The minimum Gasteiger partial charge on any atom is -0.376 e. The van der Waals surface area contributed by atoms with Crippen LogP contribution in [0.15, 0.2) is 12.1 Å². The number of hydrogen-bond donors (Lipinski definition) is 0. The molecule has 0 aliphatic carbocycles. The van der Waals surface area contributed by atoms with Crippen molar-refractivity contribution in [1.82, 2.24) is 0 Å². The summed E-state index contributed by atoms with van der Waals surface area (Å²) in [5.41, 5.74) is 4.89. The van der Waals surface area contributed by atoms with E-state index < -0.39 is 0 Å². The second kappa shape index (κ2) is 4.50. The first-order chi connectivity index (χ1) is 8.01. The summed E-state index contributed by atoms with van der Waals surface area (Å²) in [4.78, 5) is 0. The van der Waals surface area contributed by atoms with Gasteiger partial charge in [0.2, 0.25) is 0 Å². The van der Waals surface area contributed by atoms with Crippen LogP contribution in [0.5, 0.6) is 0 Å². The van der Waals surface area contributed by atoms with Crippen LogP contribution in [0.25, 0.3) is 0 Å². The van der Waals surface area contributed by atoms with Crippen LogP contribution in [0.2, 0.25) is 0 Å². The van der Waals surface area contributed by atoms with E-state index in [4.69, 9.17) is 4.74 Å². The van der Waals surface area contributed by atoms with Crippen molar-refractivity contribution in [3.8, 4) is 6.07 Å². The molecule has 0 bridgehead atoms. The fourth-order valence-corrected chi connectivity index (χ4v) is 2.38. The molecule has 0 radical (unpaired) electrons. The van der Waals surface area contributed by atoms with Gasteiger partial charge in [-0.2, -0.15) is 5.26 Å². The fourth-order valence-electron chi connectivity index (χ4n) is 2.38. The summed E-state index contributed by atoms with van der Waals surface area (Å²) in [5.74, 6) is 0.